The number of pyridine rings is 1. The van der Waals surface area contributed by atoms with Crippen molar-refractivity contribution < 1.29 is 4.74 Å². The summed E-state index contributed by atoms with van der Waals surface area (Å²) in [6.07, 6.45) is 4.61. The zero-order valence-electron chi connectivity index (χ0n) is 13.1. The molecule has 2 rings (SSSR count). The van der Waals surface area contributed by atoms with Gasteiger partial charge in [-0.15, -0.1) is 0 Å². The summed E-state index contributed by atoms with van der Waals surface area (Å²) >= 11 is 0. The van der Waals surface area contributed by atoms with Crippen molar-refractivity contribution in [1.82, 2.24) is 10.4 Å². The Kier molecular flexibility index (Phi) is 4.94. The number of aryl methyl sites for hydroxylation is 3. The maximum Gasteiger partial charge on any atom is 0.124 e. The van der Waals surface area contributed by atoms with E-state index in [1.807, 2.05) is 18.3 Å². The quantitative estimate of drug-likeness (QED) is 0.655. The van der Waals surface area contributed by atoms with Gasteiger partial charge in [-0.05, 0) is 54.7 Å². The summed E-state index contributed by atoms with van der Waals surface area (Å²) in [5.41, 5.74) is 8.67. The lowest BCUT2D eigenvalue weighted by molar-refractivity contribution is 0.403. The van der Waals surface area contributed by atoms with Gasteiger partial charge < -0.3 is 4.74 Å². The Balaban J connectivity index is 2.62. The number of nitrogens with one attached hydrogen (secondary N) is 1. The molecule has 4 heteroatoms. The highest BCUT2D eigenvalue weighted by Gasteiger charge is 2.21. The van der Waals surface area contributed by atoms with E-state index < -0.39 is 0 Å². The fourth-order valence-electron chi connectivity index (χ4n) is 2.82. The van der Waals surface area contributed by atoms with E-state index in [-0.39, 0.29) is 6.04 Å². The Labute approximate surface area is 126 Å². The van der Waals surface area contributed by atoms with E-state index in [2.05, 4.69) is 37.2 Å². The second kappa shape index (κ2) is 6.70. The second-order valence-corrected chi connectivity index (χ2v) is 5.23. The molecule has 0 radical (unpaired) electrons. The molecule has 112 valence electrons. The summed E-state index contributed by atoms with van der Waals surface area (Å²) < 4.78 is 5.57. The van der Waals surface area contributed by atoms with Crippen LogP contribution in [0.25, 0.3) is 0 Å². The van der Waals surface area contributed by atoms with E-state index in [9.17, 15) is 0 Å². The number of benzene rings is 1. The molecule has 0 saturated heterocycles. The monoisotopic (exact) mass is 285 g/mol. The third-order valence-corrected chi connectivity index (χ3v) is 3.80. The van der Waals surface area contributed by atoms with Crippen molar-refractivity contribution in [3.63, 3.8) is 0 Å². The zero-order chi connectivity index (χ0) is 15.4. The van der Waals surface area contributed by atoms with Crippen LogP contribution in [0.4, 0.5) is 0 Å². The molecule has 0 bridgehead atoms. The highest BCUT2D eigenvalue weighted by molar-refractivity contribution is 5.49. The van der Waals surface area contributed by atoms with Crippen molar-refractivity contribution >= 4 is 0 Å². The van der Waals surface area contributed by atoms with Gasteiger partial charge in [0.05, 0.1) is 13.2 Å². The topological polar surface area (TPSA) is 60.2 Å². The van der Waals surface area contributed by atoms with Crippen molar-refractivity contribution in [3.8, 4) is 5.75 Å². The van der Waals surface area contributed by atoms with Gasteiger partial charge in [-0.3, -0.25) is 10.8 Å². The molecule has 1 atom stereocenters. The summed E-state index contributed by atoms with van der Waals surface area (Å²) in [6, 6.07) is 6.09. The lowest BCUT2D eigenvalue weighted by atomic mass is 9.91. The normalized spacial score (nSPS) is 12.2. The average molecular weight is 285 g/mol. The second-order valence-electron chi connectivity index (χ2n) is 5.23. The molecule has 1 aromatic carbocycles. The van der Waals surface area contributed by atoms with Crippen LogP contribution in [-0.2, 0) is 6.42 Å². The van der Waals surface area contributed by atoms with Gasteiger partial charge in [0.1, 0.15) is 5.75 Å². The predicted octanol–water partition coefficient (Wildman–Crippen LogP) is 2.82. The molecule has 0 amide bonds. The van der Waals surface area contributed by atoms with Crippen LogP contribution in [0.3, 0.4) is 0 Å². The number of methoxy groups -OCH3 is 1. The fourth-order valence-corrected chi connectivity index (χ4v) is 2.82. The molecule has 0 saturated carbocycles. The Morgan fingerprint density at radius 1 is 1.33 bits per heavy atom. The first-order chi connectivity index (χ1) is 10.1. The lowest BCUT2D eigenvalue weighted by Gasteiger charge is -2.24. The van der Waals surface area contributed by atoms with Crippen molar-refractivity contribution in [2.24, 2.45) is 5.84 Å². The van der Waals surface area contributed by atoms with Crippen molar-refractivity contribution in [1.29, 1.82) is 0 Å². The van der Waals surface area contributed by atoms with Gasteiger partial charge in [-0.25, -0.2) is 5.43 Å². The van der Waals surface area contributed by atoms with E-state index in [0.29, 0.717) is 0 Å². The van der Waals surface area contributed by atoms with Gasteiger partial charge in [-0.2, -0.15) is 0 Å². The first-order valence-corrected chi connectivity index (χ1v) is 7.16. The molecule has 0 aliphatic carbocycles. The van der Waals surface area contributed by atoms with E-state index in [1.165, 1.54) is 11.1 Å². The Bertz CT molecular complexity index is 625. The summed E-state index contributed by atoms with van der Waals surface area (Å²) in [5, 5.41) is 0. The first-order valence-electron chi connectivity index (χ1n) is 7.16. The summed E-state index contributed by atoms with van der Waals surface area (Å²) in [6.45, 7) is 6.27. The van der Waals surface area contributed by atoms with Gasteiger partial charge in [-0.1, -0.05) is 13.0 Å². The molecule has 21 heavy (non-hydrogen) atoms. The summed E-state index contributed by atoms with van der Waals surface area (Å²) in [7, 11) is 1.69. The average Bonchev–Trinajstić information content (AvgIpc) is 2.49. The number of nitrogens with zero attached hydrogens (tertiary/aromatic N) is 1. The number of aromatic nitrogens is 1. The van der Waals surface area contributed by atoms with Gasteiger partial charge in [0, 0.05) is 18.0 Å². The minimum atomic E-state index is -0.113. The summed E-state index contributed by atoms with van der Waals surface area (Å²) in [5.74, 6) is 6.72. The minimum Gasteiger partial charge on any atom is -0.496 e. The van der Waals surface area contributed by atoms with Crippen LogP contribution in [0.5, 0.6) is 5.75 Å². The standard InChI is InChI=1S/C17H23N3O/c1-5-13-10-19-7-6-14(13)17(20-18)16-12(3)8-11(2)9-15(16)21-4/h6-10,17,20H,5,18H2,1-4H3. The highest BCUT2D eigenvalue weighted by atomic mass is 16.5. The van der Waals surface area contributed by atoms with Crippen LogP contribution in [0.2, 0.25) is 0 Å². The van der Waals surface area contributed by atoms with Crippen LogP contribution < -0.4 is 16.0 Å². The molecule has 3 N–H and O–H groups in total. The maximum absolute atomic E-state index is 5.86. The van der Waals surface area contributed by atoms with Crippen molar-refractivity contribution in [2.75, 3.05) is 7.11 Å². The Morgan fingerprint density at radius 2 is 2.10 bits per heavy atom. The number of nitrogens with two attached hydrogens (primary N) is 1. The van der Waals surface area contributed by atoms with Crippen LogP contribution in [0.1, 0.15) is 40.8 Å². The molecule has 4 nitrogen and oxygen atoms in total. The molecule has 1 heterocycles. The molecule has 1 aromatic heterocycles. The van der Waals surface area contributed by atoms with E-state index in [1.54, 1.807) is 13.3 Å². The van der Waals surface area contributed by atoms with Crippen LogP contribution in [0, 0.1) is 13.8 Å². The van der Waals surface area contributed by atoms with Crippen LogP contribution >= 0.6 is 0 Å². The van der Waals surface area contributed by atoms with E-state index >= 15 is 0 Å². The predicted molar refractivity (Wildman–Crippen MR) is 85.2 cm³/mol. The maximum atomic E-state index is 5.86. The minimum absolute atomic E-state index is 0.113. The van der Waals surface area contributed by atoms with Gasteiger partial charge in [0.2, 0.25) is 0 Å². The third kappa shape index (κ3) is 3.06. The number of ether oxygens (including phenoxy) is 1. The van der Waals surface area contributed by atoms with Gasteiger partial charge >= 0.3 is 0 Å². The Morgan fingerprint density at radius 3 is 2.71 bits per heavy atom. The van der Waals surface area contributed by atoms with E-state index in [4.69, 9.17) is 10.6 Å². The molecule has 1 unspecified atom stereocenters. The zero-order valence-corrected chi connectivity index (χ0v) is 13.1. The van der Waals surface area contributed by atoms with Crippen LogP contribution in [0.15, 0.2) is 30.6 Å². The first kappa shape index (κ1) is 15.5. The number of hydrazine groups is 1. The van der Waals surface area contributed by atoms with Gasteiger partial charge in [0.15, 0.2) is 0 Å². The number of rotatable bonds is 5. The SMILES string of the molecule is CCc1cnccc1C(NN)c1c(C)cc(C)cc1OC. The molecule has 0 spiro atoms. The highest BCUT2D eigenvalue weighted by Crippen LogP contribution is 2.34. The summed E-state index contributed by atoms with van der Waals surface area (Å²) in [4.78, 5) is 4.21. The van der Waals surface area contributed by atoms with Crippen molar-refractivity contribution in [3.05, 3.63) is 58.4 Å². The number of hydrogen-bond donors (Lipinski definition) is 2. The largest absolute Gasteiger partial charge is 0.496 e. The third-order valence-electron chi connectivity index (χ3n) is 3.80. The van der Waals surface area contributed by atoms with E-state index in [0.717, 1.165) is 28.9 Å². The Hall–Kier alpha value is -1.91. The lowest BCUT2D eigenvalue weighted by Crippen LogP contribution is -2.30. The molecular weight excluding hydrogens is 262 g/mol. The smallest absolute Gasteiger partial charge is 0.124 e. The van der Waals surface area contributed by atoms with Gasteiger partial charge in [0.25, 0.3) is 0 Å². The molecular formula is C17H23N3O. The molecule has 0 aliphatic rings. The van der Waals surface area contributed by atoms with Crippen molar-refractivity contribution in [2.45, 2.75) is 33.2 Å². The molecule has 2 aromatic rings. The molecule has 0 fully saturated rings. The fraction of sp³-hybridized carbons (Fsp3) is 0.353. The van der Waals surface area contributed by atoms with Crippen LogP contribution in [-0.4, -0.2) is 12.1 Å². The molecule has 0 aliphatic heterocycles. The number of hydrogen-bond acceptors (Lipinski definition) is 4.